The van der Waals surface area contributed by atoms with Crippen molar-refractivity contribution in [2.45, 2.75) is 63.0 Å². The molecule has 1 N–H and O–H groups in total. The first-order chi connectivity index (χ1) is 16.9. The third kappa shape index (κ3) is 6.54. The highest BCUT2D eigenvalue weighted by molar-refractivity contribution is 6.30. The van der Waals surface area contributed by atoms with Crippen LogP contribution in [0.25, 0.3) is 0 Å². The van der Waals surface area contributed by atoms with Crippen LogP contribution in [0.3, 0.4) is 0 Å². The van der Waals surface area contributed by atoms with Crippen LogP contribution in [0, 0.1) is 5.92 Å². The molecule has 0 spiro atoms. The number of carbonyl (C=O) groups excluding carboxylic acids is 1. The number of hydrogen-bond acceptors (Lipinski definition) is 2. The molecule has 1 amide bonds. The van der Waals surface area contributed by atoms with Crippen molar-refractivity contribution in [3.8, 4) is 0 Å². The molecule has 2 aromatic carbocycles. The Bertz CT molecular complexity index is 1030. The van der Waals surface area contributed by atoms with Crippen LogP contribution in [-0.4, -0.2) is 36.0 Å². The Kier molecular flexibility index (Phi) is 7.90. The van der Waals surface area contributed by atoms with Crippen LogP contribution in [0.15, 0.2) is 42.5 Å². The number of halogens is 7. The molecule has 2 fully saturated rings. The lowest BCUT2D eigenvalue weighted by Crippen LogP contribution is -2.51. The third-order valence-corrected chi connectivity index (χ3v) is 7.45. The Balaban J connectivity index is 1.40. The van der Waals surface area contributed by atoms with Gasteiger partial charge in [0.2, 0.25) is 0 Å². The van der Waals surface area contributed by atoms with E-state index in [9.17, 15) is 31.1 Å². The van der Waals surface area contributed by atoms with Gasteiger partial charge in [-0.2, -0.15) is 26.3 Å². The molecule has 10 heteroatoms. The van der Waals surface area contributed by atoms with Crippen LogP contribution in [0.2, 0.25) is 5.02 Å². The summed E-state index contributed by atoms with van der Waals surface area (Å²) < 4.78 is 79.1. The number of rotatable bonds is 5. The van der Waals surface area contributed by atoms with Crippen LogP contribution < -0.4 is 5.32 Å². The van der Waals surface area contributed by atoms with Crippen molar-refractivity contribution in [1.82, 2.24) is 10.2 Å². The van der Waals surface area contributed by atoms with Crippen LogP contribution in [0.1, 0.15) is 59.2 Å². The number of hydrogen-bond donors (Lipinski definition) is 1. The largest absolute Gasteiger partial charge is 0.416 e. The minimum Gasteiger partial charge on any atom is -0.348 e. The van der Waals surface area contributed by atoms with E-state index in [1.807, 2.05) is 24.3 Å². The molecule has 1 aliphatic carbocycles. The fourth-order valence-corrected chi connectivity index (χ4v) is 5.45. The van der Waals surface area contributed by atoms with Gasteiger partial charge in [-0.1, -0.05) is 23.7 Å². The van der Waals surface area contributed by atoms with Gasteiger partial charge in [0.25, 0.3) is 5.91 Å². The van der Waals surface area contributed by atoms with E-state index in [1.165, 1.54) is 5.56 Å². The van der Waals surface area contributed by atoms with Crippen molar-refractivity contribution in [3.05, 3.63) is 69.7 Å². The molecular formula is C26H27ClF6N2O. The number of amides is 1. The molecule has 0 radical (unpaired) electrons. The van der Waals surface area contributed by atoms with Crippen molar-refractivity contribution < 1.29 is 31.1 Å². The van der Waals surface area contributed by atoms with E-state index in [-0.39, 0.29) is 18.2 Å². The number of benzene rings is 2. The maximum atomic E-state index is 13.2. The predicted molar refractivity (Wildman–Crippen MR) is 125 cm³/mol. The maximum Gasteiger partial charge on any atom is 0.416 e. The van der Waals surface area contributed by atoms with Crippen LogP contribution in [0.4, 0.5) is 26.3 Å². The molecule has 36 heavy (non-hydrogen) atoms. The molecule has 1 saturated carbocycles. The highest BCUT2D eigenvalue weighted by atomic mass is 35.5. The van der Waals surface area contributed by atoms with Gasteiger partial charge in [0.05, 0.1) is 11.1 Å². The fraction of sp³-hybridized carbons (Fsp3) is 0.500. The van der Waals surface area contributed by atoms with E-state index < -0.39 is 35.0 Å². The molecule has 0 aromatic heterocycles. The third-order valence-electron chi connectivity index (χ3n) is 7.20. The highest BCUT2D eigenvalue weighted by Gasteiger charge is 2.39. The van der Waals surface area contributed by atoms with Crippen molar-refractivity contribution in [3.63, 3.8) is 0 Å². The van der Waals surface area contributed by atoms with Gasteiger partial charge in [-0.3, -0.25) is 9.69 Å². The summed E-state index contributed by atoms with van der Waals surface area (Å²) in [5.41, 5.74) is -2.39. The standard InChI is InChI=1S/C26H27ClF6N2O/c27-21-6-4-16(5-7-21)12-17-8-10-35(11-9-17)23-3-1-2-22(23)34-24(36)18-13-19(25(28,29)30)15-20(14-18)26(31,32)33/h4-7,13-15,17,22-23H,1-3,8-12H2,(H,34,36)/t22-,23-/m1/s1. The predicted octanol–water partition coefficient (Wildman–Crippen LogP) is 6.98. The number of alkyl halides is 6. The summed E-state index contributed by atoms with van der Waals surface area (Å²) >= 11 is 5.95. The normalized spacial score (nSPS) is 22.1. The zero-order valence-corrected chi connectivity index (χ0v) is 20.2. The molecule has 4 rings (SSSR count). The Hall–Kier alpha value is -2.26. The van der Waals surface area contributed by atoms with Crippen molar-refractivity contribution in [1.29, 1.82) is 0 Å². The maximum absolute atomic E-state index is 13.2. The number of nitrogens with zero attached hydrogens (tertiary/aromatic N) is 1. The topological polar surface area (TPSA) is 32.3 Å². The number of carbonyl (C=O) groups is 1. The smallest absolute Gasteiger partial charge is 0.348 e. The van der Waals surface area contributed by atoms with Gasteiger partial charge in [0, 0.05) is 22.7 Å². The van der Waals surface area contributed by atoms with E-state index in [0.29, 0.717) is 29.5 Å². The molecule has 2 aliphatic rings. The molecule has 1 aliphatic heterocycles. The summed E-state index contributed by atoms with van der Waals surface area (Å²) in [6.45, 7) is 1.66. The van der Waals surface area contributed by atoms with Crippen molar-refractivity contribution in [2.24, 2.45) is 5.92 Å². The summed E-state index contributed by atoms with van der Waals surface area (Å²) in [7, 11) is 0. The average molecular weight is 533 g/mol. The van der Waals surface area contributed by atoms with Gasteiger partial charge in [0.1, 0.15) is 0 Å². The molecule has 196 valence electrons. The molecule has 1 heterocycles. The molecule has 0 bridgehead atoms. The first kappa shape index (κ1) is 26.8. The van der Waals surface area contributed by atoms with Crippen molar-refractivity contribution >= 4 is 17.5 Å². The van der Waals surface area contributed by atoms with Crippen LogP contribution in [0.5, 0.6) is 0 Å². The number of likely N-dealkylation sites (tertiary alicyclic amines) is 1. The monoisotopic (exact) mass is 532 g/mol. The fourth-order valence-electron chi connectivity index (χ4n) is 5.33. The molecular weight excluding hydrogens is 506 g/mol. The first-order valence-electron chi connectivity index (χ1n) is 12.0. The number of piperidine rings is 1. The lowest BCUT2D eigenvalue weighted by molar-refractivity contribution is -0.143. The molecule has 1 saturated heterocycles. The van der Waals surface area contributed by atoms with Crippen LogP contribution in [-0.2, 0) is 18.8 Å². The summed E-state index contributed by atoms with van der Waals surface area (Å²) in [5.74, 6) is -0.399. The second kappa shape index (κ2) is 10.6. The molecule has 3 nitrogen and oxygen atoms in total. The Labute approximate surface area is 210 Å². The van der Waals surface area contributed by atoms with E-state index in [1.54, 1.807) is 0 Å². The Morgan fingerprint density at radius 2 is 1.47 bits per heavy atom. The Morgan fingerprint density at radius 3 is 2.03 bits per heavy atom. The van der Waals surface area contributed by atoms with Gasteiger partial charge in [-0.25, -0.2) is 0 Å². The van der Waals surface area contributed by atoms with Gasteiger partial charge < -0.3 is 5.32 Å². The zero-order valence-electron chi connectivity index (χ0n) is 19.4. The van der Waals surface area contributed by atoms with Gasteiger partial charge in [-0.15, -0.1) is 0 Å². The second-order valence-electron chi connectivity index (χ2n) is 9.68. The van der Waals surface area contributed by atoms with Gasteiger partial charge >= 0.3 is 12.4 Å². The molecule has 2 aromatic rings. The van der Waals surface area contributed by atoms with Gasteiger partial charge in [0.15, 0.2) is 0 Å². The van der Waals surface area contributed by atoms with Crippen LogP contribution >= 0.6 is 11.6 Å². The SMILES string of the molecule is O=C(N[C@@H]1CCC[C@H]1N1CCC(Cc2ccc(Cl)cc2)CC1)c1cc(C(F)(F)F)cc(C(F)(F)F)c1. The minimum atomic E-state index is -5.00. The number of nitrogens with one attached hydrogen (secondary N) is 1. The first-order valence-corrected chi connectivity index (χ1v) is 12.4. The highest BCUT2D eigenvalue weighted by Crippen LogP contribution is 2.37. The van der Waals surface area contributed by atoms with E-state index in [2.05, 4.69) is 10.2 Å². The molecule has 2 atom stereocenters. The minimum absolute atomic E-state index is 0.0123. The lowest BCUT2D eigenvalue weighted by Gasteiger charge is -2.38. The quantitative estimate of drug-likeness (QED) is 0.421. The Morgan fingerprint density at radius 1 is 0.889 bits per heavy atom. The average Bonchev–Trinajstić information content (AvgIpc) is 3.27. The summed E-state index contributed by atoms with van der Waals surface area (Å²) in [6, 6.07) is 8.48. The van der Waals surface area contributed by atoms with Crippen molar-refractivity contribution in [2.75, 3.05) is 13.1 Å². The summed E-state index contributed by atoms with van der Waals surface area (Å²) in [6.07, 6.45) is -4.81. The zero-order chi connectivity index (χ0) is 26.1. The summed E-state index contributed by atoms with van der Waals surface area (Å²) in [4.78, 5) is 15.1. The van der Waals surface area contributed by atoms with E-state index in [0.717, 1.165) is 45.2 Å². The molecule has 0 unspecified atom stereocenters. The van der Waals surface area contributed by atoms with E-state index in [4.69, 9.17) is 11.6 Å². The second-order valence-corrected chi connectivity index (χ2v) is 10.1. The van der Waals surface area contributed by atoms with Gasteiger partial charge in [-0.05, 0) is 93.4 Å². The lowest BCUT2D eigenvalue weighted by atomic mass is 9.89. The summed E-state index contributed by atoms with van der Waals surface area (Å²) in [5, 5.41) is 3.43. The van der Waals surface area contributed by atoms with E-state index >= 15 is 0 Å².